The highest BCUT2D eigenvalue weighted by Gasteiger charge is 2.07. The lowest BCUT2D eigenvalue weighted by Crippen LogP contribution is -2.33. The smallest absolute Gasteiger partial charge is 0.309 e. The first-order valence-electron chi connectivity index (χ1n) is 3.87. The third-order valence-electron chi connectivity index (χ3n) is 1.57. The molecule has 0 aliphatic carbocycles. The molecular weight excluding hydrogens is 178 g/mol. The summed E-state index contributed by atoms with van der Waals surface area (Å²) in [6.07, 6.45) is 2.36. The summed E-state index contributed by atoms with van der Waals surface area (Å²) in [4.78, 5) is 10.8. The molecule has 1 aliphatic heterocycles. The van der Waals surface area contributed by atoms with Gasteiger partial charge in [-0.3, -0.25) is 4.79 Å². The molecule has 0 unspecified atom stereocenters. The van der Waals surface area contributed by atoms with E-state index in [1.807, 2.05) is 13.0 Å². The molecule has 0 aromatic heterocycles. The number of rotatable bonds is 3. The van der Waals surface area contributed by atoms with Crippen LogP contribution in [0.4, 0.5) is 0 Å². The van der Waals surface area contributed by atoms with Crippen LogP contribution in [0.1, 0.15) is 13.3 Å². The number of hydrogen-bond donors (Lipinski definition) is 1. The number of ether oxygens (including phenoxy) is 1. The molecule has 0 aromatic carbocycles. The predicted molar refractivity (Wildman–Crippen MR) is 49.5 cm³/mol. The summed E-state index contributed by atoms with van der Waals surface area (Å²) in [6, 6.07) is 0. The van der Waals surface area contributed by atoms with Crippen molar-refractivity contribution in [3.05, 3.63) is 11.6 Å². The van der Waals surface area contributed by atoms with Crippen LogP contribution < -0.4 is 5.32 Å². The molecule has 1 aliphatic rings. The van der Waals surface area contributed by atoms with Crippen LogP contribution in [0.2, 0.25) is 0 Å². The van der Waals surface area contributed by atoms with Crippen LogP contribution in [0.15, 0.2) is 11.6 Å². The van der Waals surface area contributed by atoms with Gasteiger partial charge in [-0.1, -0.05) is 6.08 Å². The first-order chi connectivity index (χ1) is 5.33. The van der Waals surface area contributed by atoms with Gasteiger partial charge in [-0.15, -0.1) is 12.4 Å². The highest BCUT2D eigenvalue weighted by Crippen LogP contribution is 2.02. The molecule has 1 saturated heterocycles. The van der Waals surface area contributed by atoms with Gasteiger partial charge in [-0.25, -0.2) is 0 Å². The average molecular weight is 192 g/mol. The molecule has 12 heavy (non-hydrogen) atoms. The lowest BCUT2D eigenvalue weighted by atomic mass is 10.1. The topological polar surface area (TPSA) is 38.3 Å². The molecule has 0 spiro atoms. The summed E-state index contributed by atoms with van der Waals surface area (Å²) >= 11 is 0. The Labute approximate surface area is 78.6 Å². The van der Waals surface area contributed by atoms with Crippen molar-refractivity contribution in [3.8, 4) is 0 Å². The summed E-state index contributed by atoms with van der Waals surface area (Å²) in [6.45, 7) is 4.15. The fourth-order valence-corrected chi connectivity index (χ4v) is 0.861. The number of nitrogens with one attached hydrogen (secondary N) is 1. The van der Waals surface area contributed by atoms with Crippen molar-refractivity contribution in [1.82, 2.24) is 5.32 Å². The second kappa shape index (κ2) is 6.03. The number of hydrogen-bond acceptors (Lipinski definition) is 3. The third kappa shape index (κ3) is 3.74. The van der Waals surface area contributed by atoms with E-state index in [-0.39, 0.29) is 18.4 Å². The normalized spacial score (nSPS) is 14.2. The molecule has 0 radical (unpaired) electrons. The van der Waals surface area contributed by atoms with Crippen LogP contribution in [0, 0.1) is 0 Å². The van der Waals surface area contributed by atoms with E-state index in [0.29, 0.717) is 13.0 Å². The molecule has 1 fully saturated rings. The van der Waals surface area contributed by atoms with Gasteiger partial charge in [-0.05, 0) is 12.5 Å². The van der Waals surface area contributed by atoms with Gasteiger partial charge < -0.3 is 10.1 Å². The minimum atomic E-state index is -0.132. The van der Waals surface area contributed by atoms with Gasteiger partial charge in [0.25, 0.3) is 0 Å². The van der Waals surface area contributed by atoms with Crippen molar-refractivity contribution in [3.63, 3.8) is 0 Å². The van der Waals surface area contributed by atoms with Crippen LogP contribution in [0.25, 0.3) is 0 Å². The Morgan fingerprint density at radius 1 is 1.67 bits per heavy atom. The van der Waals surface area contributed by atoms with Gasteiger partial charge in [0.05, 0.1) is 13.0 Å². The molecule has 0 atom stereocenters. The number of esters is 1. The standard InChI is InChI=1S/C8H13NO2.ClH/c1-2-11-8(10)4-3-7-5-9-6-7;/h3,9H,2,4-6H2,1H3;1H. The fraction of sp³-hybridized carbons (Fsp3) is 0.625. The van der Waals surface area contributed by atoms with Crippen LogP contribution in [0.5, 0.6) is 0 Å². The summed E-state index contributed by atoms with van der Waals surface area (Å²) in [5, 5.41) is 3.10. The summed E-state index contributed by atoms with van der Waals surface area (Å²) in [7, 11) is 0. The van der Waals surface area contributed by atoms with E-state index in [9.17, 15) is 4.79 Å². The van der Waals surface area contributed by atoms with Crippen molar-refractivity contribution in [2.75, 3.05) is 19.7 Å². The van der Waals surface area contributed by atoms with Crippen LogP contribution in [-0.4, -0.2) is 25.7 Å². The molecule has 3 nitrogen and oxygen atoms in total. The lowest BCUT2D eigenvalue weighted by molar-refractivity contribution is -0.142. The van der Waals surface area contributed by atoms with Crippen molar-refractivity contribution >= 4 is 18.4 Å². The maximum atomic E-state index is 10.8. The molecule has 1 rings (SSSR count). The number of halogens is 1. The zero-order chi connectivity index (χ0) is 8.10. The molecule has 0 saturated carbocycles. The SMILES string of the molecule is CCOC(=O)CC=C1CNC1.Cl. The number of carbonyl (C=O) groups excluding carboxylic acids is 1. The monoisotopic (exact) mass is 191 g/mol. The van der Waals surface area contributed by atoms with E-state index in [0.717, 1.165) is 13.1 Å². The Morgan fingerprint density at radius 3 is 2.75 bits per heavy atom. The van der Waals surface area contributed by atoms with Crippen molar-refractivity contribution in [2.45, 2.75) is 13.3 Å². The Bertz CT molecular complexity index is 174. The van der Waals surface area contributed by atoms with Gasteiger partial charge >= 0.3 is 5.97 Å². The van der Waals surface area contributed by atoms with Gasteiger partial charge in [0.2, 0.25) is 0 Å². The number of carbonyl (C=O) groups is 1. The fourth-order valence-electron chi connectivity index (χ4n) is 0.861. The van der Waals surface area contributed by atoms with Crippen molar-refractivity contribution < 1.29 is 9.53 Å². The maximum Gasteiger partial charge on any atom is 0.309 e. The highest BCUT2D eigenvalue weighted by atomic mass is 35.5. The molecule has 4 heteroatoms. The molecule has 1 N–H and O–H groups in total. The van der Waals surface area contributed by atoms with E-state index in [4.69, 9.17) is 4.74 Å². The molecule has 0 aromatic rings. The molecule has 0 amide bonds. The largest absolute Gasteiger partial charge is 0.466 e. The molecule has 0 bridgehead atoms. The van der Waals surface area contributed by atoms with Crippen LogP contribution in [-0.2, 0) is 9.53 Å². The second-order valence-corrected chi connectivity index (χ2v) is 2.48. The average Bonchev–Trinajstić information content (AvgIpc) is 1.85. The summed E-state index contributed by atoms with van der Waals surface area (Å²) in [5.74, 6) is -0.132. The van der Waals surface area contributed by atoms with Crippen molar-refractivity contribution in [2.24, 2.45) is 0 Å². The quantitative estimate of drug-likeness (QED) is 0.532. The molecular formula is C8H14ClNO2. The summed E-state index contributed by atoms with van der Waals surface area (Å²) in [5.41, 5.74) is 1.30. The first-order valence-corrected chi connectivity index (χ1v) is 3.87. The van der Waals surface area contributed by atoms with Crippen LogP contribution in [0.3, 0.4) is 0 Å². The van der Waals surface area contributed by atoms with Gasteiger partial charge in [-0.2, -0.15) is 0 Å². The van der Waals surface area contributed by atoms with Gasteiger partial charge in [0, 0.05) is 13.1 Å². The third-order valence-corrected chi connectivity index (χ3v) is 1.57. The van der Waals surface area contributed by atoms with E-state index in [1.54, 1.807) is 0 Å². The predicted octanol–water partition coefficient (Wildman–Crippen LogP) is 0.891. The van der Waals surface area contributed by atoms with Gasteiger partial charge in [0.1, 0.15) is 0 Å². The summed E-state index contributed by atoms with van der Waals surface area (Å²) < 4.78 is 4.76. The Balaban J connectivity index is 0.00000121. The molecule has 1 heterocycles. The van der Waals surface area contributed by atoms with Gasteiger partial charge in [0.15, 0.2) is 0 Å². The second-order valence-electron chi connectivity index (χ2n) is 2.48. The minimum absolute atomic E-state index is 0. The Morgan fingerprint density at radius 2 is 2.33 bits per heavy atom. The maximum absolute atomic E-state index is 10.8. The molecule has 70 valence electrons. The lowest BCUT2D eigenvalue weighted by Gasteiger charge is -2.17. The zero-order valence-electron chi connectivity index (χ0n) is 7.13. The Kier molecular flexibility index (Phi) is 5.76. The van der Waals surface area contributed by atoms with Crippen LogP contribution >= 0.6 is 12.4 Å². The van der Waals surface area contributed by atoms with E-state index < -0.39 is 0 Å². The highest BCUT2D eigenvalue weighted by molar-refractivity contribution is 5.85. The Hall–Kier alpha value is -0.540. The zero-order valence-corrected chi connectivity index (χ0v) is 7.95. The van der Waals surface area contributed by atoms with Crippen molar-refractivity contribution in [1.29, 1.82) is 0 Å². The van der Waals surface area contributed by atoms with E-state index in [1.165, 1.54) is 5.57 Å². The minimum Gasteiger partial charge on any atom is -0.466 e. The van der Waals surface area contributed by atoms with E-state index in [2.05, 4.69) is 5.32 Å². The first kappa shape index (κ1) is 11.5. The van der Waals surface area contributed by atoms with E-state index >= 15 is 0 Å².